The van der Waals surface area contributed by atoms with Crippen molar-refractivity contribution in [2.75, 3.05) is 0 Å². The molecule has 0 aromatic heterocycles. The fourth-order valence-electron chi connectivity index (χ4n) is 1.19. The van der Waals surface area contributed by atoms with Crippen molar-refractivity contribution in [2.45, 2.75) is 13.8 Å². The number of phosphoric acid groups is 1. The van der Waals surface area contributed by atoms with Crippen LogP contribution in [0.15, 0.2) is 12.1 Å². The molecule has 3 N–H and O–H groups in total. The van der Waals surface area contributed by atoms with Gasteiger partial charge in [0.05, 0.1) is 0 Å². The molecule has 0 fully saturated rings. The summed E-state index contributed by atoms with van der Waals surface area (Å²) in [6.45, 7) is 3.19. The standard InChI is InChI=1S/C8H11O5P/c1-5-3-7(9)4-6(2)8(5)13-14(10,11)12/h3-4,9H,1-2H3,(H2,10,11,12). The molecule has 78 valence electrons. The predicted molar refractivity (Wildman–Crippen MR) is 50.3 cm³/mol. The third-order valence-corrected chi connectivity index (χ3v) is 2.08. The molecular weight excluding hydrogens is 207 g/mol. The topological polar surface area (TPSA) is 87.0 Å². The number of phosphoric ester groups is 1. The molecule has 0 amide bonds. The van der Waals surface area contributed by atoms with E-state index < -0.39 is 7.82 Å². The van der Waals surface area contributed by atoms with E-state index in [1.807, 2.05) is 0 Å². The molecule has 0 radical (unpaired) electrons. The third kappa shape index (κ3) is 2.73. The van der Waals surface area contributed by atoms with Gasteiger partial charge >= 0.3 is 7.82 Å². The Morgan fingerprint density at radius 2 is 1.64 bits per heavy atom. The number of aryl methyl sites for hydroxylation is 2. The van der Waals surface area contributed by atoms with Crippen molar-refractivity contribution in [2.24, 2.45) is 0 Å². The van der Waals surface area contributed by atoms with E-state index in [-0.39, 0.29) is 11.5 Å². The Bertz CT molecular complexity index is 372. The van der Waals surface area contributed by atoms with Gasteiger partial charge < -0.3 is 9.63 Å². The molecule has 0 bridgehead atoms. The Morgan fingerprint density at radius 1 is 1.21 bits per heavy atom. The Balaban J connectivity index is 3.15. The van der Waals surface area contributed by atoms with Gasteiger partial charge in [-0.1, -0.05) is 0 Å². The van der Waals surface area contributed by atoms with Gasteiger partial charge in [-0.2, -0.15) is 0 Å². The first kappa shape index (κ1) is 11.0. The van der Waals surface area contributed by atoms with Crippen molar-refractivity contribution < 1.29 is 24.0 Å². The highest BCUT2D eigenvalue weighted by Gasteiger charge is 2.19. The predicted octanol–water partition coefficient (Wildman–Crippen LogP) is 1.48. The van der Waals surface area contributed by atoms with Crippen LogP contribution in [0.2, 0.25) is 0 Å². The second-order valence-electron chi connectivity index (χ2n) is 2.99. The minimum Gasteiger partial charge on any atom is -0.508 e. The van der Waals surface area contributed by atoms with Crippen molar-refractivity contribution in [3.63, 3.8) is 0 Å². The molecule has 5 nitrogen and oxygen atoms in total. The van der Waals surface area contributed by atoms with Crippen LogP contribution < -0.4 is 4.52 Å². The van der Waals surface area contributed by atoms with Gasteiger partial charge in [-0.15, -0.1) is 0 Å². The molecule has 1 aromatic rings. The minimum atomic E-state index is -4.54. The highest BCUT2D eigenvalue weighted by atomic mass is 31.2. The Hall–Kier alpha value is -1.03. The first-order valence-electron chi connectivity index (χ1n) is 3.85. The fourth-order valence-corrected chi connectivity index (χ4v) is 1.72. The summed E-state index contributed by atoms with van der Waals surface area (Å²) in [5.74, 6) is 0.147. The normalized spacial score (nSPS) is 11.4. The maximum atomic E-state index is 10.6. The van der Waals surface area contributed by atoms with E-state index in [0.29, 0.717) is 11.1 Å². The SMILES string of the molecule is Cc1cc(O)cc(C)c1OP(=O)(O)O. The van der Waals surface area contributed by atoms with Crippen LogP contribution in [-0.4, -0.2) is 14.9 Å². The Morgan fingerprint density at radius 3 is 2.00 bits per heavy atom. The second-order valence-corrected chi connectivity index (χ2v) is 4.15. The van der Waals surface area contributed by atoms with E-state index in [0.717, 1.165) is 0 Å². The molecule has 0 aliphatic rings. The van der Waals surface area contributed by atoms with Gasteiger partial charge in [0.25, 0.3) is 0 Å². The van der Waals surface area contributed by atoms with Crippen LogP contribution in [0.5, 0.6) is 11.5 Å². The number of rotatable bonds is 2. The first-order chi connectivity index (χ1) is 6.29. The number of aromatic hydroxyl groups is 1. The monoisotopic (exact) mass is 218 g/mol. The molecule has 0 saturated carbocycles. The Kier molecular flexibility index (Phi) is 2.85. The van der Waals surface area contributed by atoms with E-state index in [9.17, 15) is 4.57 Å². The van der Waals surface area contributed by atoms with E-state index in [4.69, 9.17) is 14.9 Å². The molecule has 0 heterocycles. The molecule has 0 aliphatic carbocycles. The largest absolute Gasteiger partial charge is 0.524 e. The van der Waals surface area contributed by atoms with Crippen molar-refractivity contribution in [3.05, 3.63) is 23.3 Å². The summed E-state index contributed by atoms with van der Waals surface area (Å²) in [4.78, 5) is 17.2. The quantitative estimate of drug-likeness (QED) is 0.654. The number of phenolic OH excluding ortho intramolecular Hbond substituents is 1. The third-order valence-electron chi connectivity index (χ3n) is 1.66. The lowest BCUT2D eigenvalue weighted by molar-refractivity contribution is 0.281. The average molecular weight is 218 g/mol. The van der Waals surface area contributed by atoms with Gasteiger partial charge in [-0.25, -0.2) is 4.57 Å². The van der Waals surface area contributed by atoms with Gasteiger partial charge in [0, 0.05) is 0 Å². The smallest absolute Gasteiger partial charge is 0.508 e. The molecule has 1 rings (SSSR count). The van der Waals surface area contributed by atoms with E-state index in [2.05, 4.69) is 4.52 Å². The van der Waals surface area contributed by atoms with Crippen LogP contribution in [-0.2, 0) is 4.57 Å². The summed E-state index contributed by atoms with van der Waals surface area (Å²) >= 11 is 0. The molecule has 6 heteroatoms. The van der Waals surface area contributed by atoms with Crippen LogP contribution >= 0.6 is 7.82 Å². The van der Waals surface area contributed by atoms with E-state index in [1.165, 1.54) is 12.1 Å². The zero-order chi connectivity index (χ0) is 10.9. The molecule has 0 atom stereocenters. The number of hydrogen-bond acceptors (Lipinski definition) is 3. The van der Waals surface area contributed by atoms with Gasteiger partial charge in [-0.05, 0) is 37.1 Å². The number of benzene rings is 1. The molecule has 0 unspecified atom stereocenters. The lowest BCUT2D eigenvalue weighted by Gasteiger charge is -2.12. The van der Waals surface area contributed by atoms with E-state index in [1.54, 1.807) is 13.8 Å². The lowest BCUT2D eigenvalue weighted by Crippen LogP contribution is -1.95. The molecule has 14 heavy (non-hydrogen) atoms. The van der Waals surface area contributed by atoms with Crippen molar-refractivity contribution in [1.29, 1.82) is 0 Å². The lowest BCUT2D eigenvalue weighted by atomic mass is 10.1. The summed E-state index contributed by atoms with van der Waals surface area (Å²) in [5.41, 5.74) is 0.955. The van der Waals surface area contributed by atoms with Gasteiger partial charge in [0.15, 0.2) is 0 Å². The summed E-state index contributed by atoms with van der Waals surface area (Å²) < 4.78 is 15.1. The maximum Gasteiger partial charge on any atom is 0.524 e. The Labute approximate surface area is 81.2 Å². The second kappa shape index (κ2) is 3.61. The summed E-state index contributed by atoms with van der Waals surface area (Å²) in [7, 11) is -4.54. The van der Waals surface area contributed by atoms with Gasteiger partial charge in [-0.3, -0.25) is 9.79 Å². The zero-order valence-electron chi connectivity index (χ0n) is 7.76. The molecule has 1 aromatic carbocycles. The summed E-state index contributed by atoms with van der Waals surface area (Å²) in [6.07, 6.45) is 0. The zero-order valence-corrected chi connectivity index (χ0v) is 8.65. The summed E-state index contributed by atoms with van der Waals surface area (Å²) in [5, 5.41) is 9.17. The fraction of sp³-hybridized carbons (Fsp3) is 0.250. The molecular formula is C8H11O5P. The van der Waals surface area contributed by atoms with Crippen molar-refractivity contribution in [1.82, 2.24) is 0 Å². The van der Waals surface area contributed by atoms with Gasteiger partial charge in [0.1, 0.15) is 11.5 Å². The minimum absolute atomic E-state index is 0.0399. The molecule has 0 saturated heterocycles. The van der Waals surface area contributed by atoms with Crippen LogP contribution in [0.3, 0.4) is 0 Å². The summed E-state index contributed by atoms with van der Waals surface area (Å²) in [6, 6.07) is 2.75. The van der Waals surface area contributed by atoms with E-state index >= 15 is 0 Å². The van der Waals surface area contributed by atoms with Crippen molar-refractivity contribution in [3.8, 4) is 11.5 Å². The number of phenols is 1. The van der Waals surface area contributed by atoms with Crippen LogP contribution in [0.1, 0.15) is 11.1 Å². The highest BCUT2D eigenvalue weighted by Crippen LogP contribution is 2.41. The average Bonchev–Trinajstić information content (AvgIpc) is 1.95. The molecule has 0 aliphatic heterocycles. The van der Waals surface area contributed by atoms with Crippen LogP contribution in [0, 0.1) is 13.8 Å². The van der Waals surface area contributed by atoms with Crippen LogP contribution in [0.4, 0.5) is 0 Å². The van der Waals surface area contributed by atoms with Crippen LogP contribution in [0.25, 0.3) is 0 Å². The number of hydrogen-bond donors (Lipinski definition) is 3. The van der Waals surface area contributed by atoms with Gasteiger partial charge in [0.2, 0.25) is 0 Å². The van der Waals surface area contributed by atoms with Crippen molar-refractivity contribution >= 4 is 7.82 Å². The maximum absolute atomic E-state index is 10.6. The molecule has 0 spiro atoms. The highest BCUT2D eigenvalue weighted by molar-refractivity contribution is 7.46. The first-order valence-corrected chi connectivity index (χ1v) is 5.38.